The molecule has 1 saturated heterocycles. The van der Waals surface area contributed by atoms with Crippen LogP contribution in [0, 0.1) is 5.92 Å². The molecule has 228 valence electrons. The Kier molecular flexibility index (Phi) is 9.58. The van der Waals surface area contributed by atoms with E-state index in [1.165, 1.54) is 7.11 Å². The highest BCUT2D eigenvalue weighted by Crippen LogP contribution is 2.47. The SMILES string of the molecule is COc1cccn(-c2ccc(CC[C@H]3O[C@@H](CCn4cc(C(CO)c5ccccc5)nn4)[C@H]([Si](C)(C)F)[C@H]3C)cc2)c1=O. The van der Waals surface area contributed by atoms with E-state index in [4.69, 9.17) is 9.47 Å². The van der Waals surface area contributed by atoms with Gasteiger partial charge in [0.15, 0.2) is 5.75 Å². The fourth-order valence-corrected chi connectivity index (χ4v) is 9.10. The summed E-state index contributed by atoms with van der Waals surface area (Å²) in [6.45, 7) is 6.20. The Morgan fingerprint density at radius 2 is 1.79 bits per heavy atom. The Balaban J connectivity index is 1.22. The number of pyridine rings is 1. The summed E-state index contributed by atoms with van der Waals surface area (Å²) >= 11 is 0. The predicted octanol–water partition coefficient (Wildman–Crippen LogP) is 5.53. The van der Waals surface area contributed by atoms with Gasteiger partial charge < -0.3 is 18.7 Å². The van der Waals surface area contributed by atoms with Gasteiger partial charge in [0, 0.05) is 30.2 Å². The van der Waals surface area contributed by atoms with Crippen LogP contribution in [0.5, 0.6) is 5.75 Å². The Bertz CT molecular complexity index is 1540. The van der Waals surface area contributed by atoms with Gasteiger partial charge in [0.25, 0.3) is 5.56 Å². The summed E-state index contributed by atoms with van der Waals surface area (Å²) in [5.74, 6) is 0.167. The Morgan fingerprint density at radius 3 is 2.47 bits per heavy atom. The monoisotopic (exact) mass is 604 g/mol. The highest BCUT2D eigenvalue weighted by atomic mass is 28.4. The van der Waals surface area contributed by atoms with Crippen LogP contribution in [0.1, 0.15) is 42.5 Å². The van der Waals surface area contributed by atoms with Crippen LogP contribution in [0.3, 0.4) is 0 Å². The van der Waals surface area contributed by atoms with Gasteiger partial charge in [0.05, 0.1) is 37.5 Å². The van der Waals surface area contributed by atoms with Crippen molar-refractivity contribution in [2.75, 3.05) is 13.7 Å². The molecular formula is C33H41FN4O4Si. The topological polar surface area (TPSA) is 91.4 Å². The van der Waals surface area contributed by atoms with Gasteiger partial charge in [-0.05, 0) is 73.7 Å². The average Bonchev–Trinajstić information content (AvgIpc) is 3.60. The molecule has 0 aliphatic carbocycles. The van der Waals surface area contributed by atoms with Crippen LogP contribution in [0.4, 0.5) is 4.11 Å². The fraction of sp³-hybridized carbons (Fsp3) is 0.424. The van der Waals surface area contributed by atoms with Crippen molar-refractivity contribution < 1.29 is 18.7 Å². The molecule has 0 spiro atoms. The quantitative estimate of drug-likeness (QED) is 0.169. The molecule has 2 aromatic heterocycles. The van der Waals surface area contributed by atoms with Crippen LogP contribution in [-0.4, -0.2) is 59.0 Å². The van der Waals surface area contributed by atoms with E-state index < -0.39 is 8.41 Å². The summed E-state index contributed by atoms with van der Waals surface area (Å²) in [5.41, 5.74) is 3.30. The zero-order valence-corrected chi connectivity index (χ0v) is 26.3. The van der Waals surface area contributed by atoms with E-state index in [9.17, 15) is 9.90 Å². The number of ether oxygens (including phenoxy) is 2. The van der Waals surface area contributed by atoms with Gasteiger partial charge in [-0.3, -0.25) is 14.0 Å². The third-order valence-corrected chi connectivity index (χ3v) is 11.2. The molecule has 1 aliphatic rings. The van der Waals surface area contributed by atoms with Gasteiger partial charge in [-0.2, -0.15) is 0 Å². The average molecular weight is 605 g/mol. The van der Waals surface area contributed by atoms with Crippen LogP contribution in [0.2, 0.25) is 18.6 Å². The standard InChI is InChI=1S/C33H41FN4O4Si/c1-23-29(17-14-24-12-15-26(16-13-24)38-19-8-11-31(41-2)33(38)40)42-30(32(23)43(3,4)34)18-20-37-21-28(35-36-37)27(22-39)25-9-6-5-7-10-25/h5-13,15-16,19,21,23,27,29-30,32,39H,14,17-18,20,22H2,1-4H3/t23-,27?,29+,30-,32+/m0/s1. The van der Waals surface area contributed by atoms with Gasteiger partial charge in [0.2, 0.25) is 8.41 Å². The van der Waals surface area contributed by atoms with Crippen molar-refractivity contribution in [3.63, 3.8) is 0 Å². The largest absolute Gasteiger partial charge is 0.491 e. The van der Waals surface area contributed by atoms with Crippen LogP contribution in [0.15, 0.2) is 83.9 Å². The summed E-state index contributed by atoms with van der Waals surface area (Å²) in [5, 5.41) is 18.6. The molecule has 1 aliphatic heterocycles. The lowest BCUT2D eigenvalue weighted by Crippen LogP contribution is -2.36. The molecule has 0 saturated carbocycles. The van der Waals surface area contributed by atoms with E-state index in [0.717, 1.165) is 29.7 Å². The summed E-state index contributed by atoms with van der Waals surface area (Å²) in [4.78, 5) is 12.6. The van der Waals surface area contributed by atoms with Crippen LogP contribution in [-0.2, 0) is 17.7 Å². The van der Waals surface area contributed by atoms with E-state index in [1.54, 1.807) is 40.7 Å². The molecule has 1 fully saturated rings. The highest BCUT2D eigenvalue weighted by Gasteiger charge is 2.50. The summed E-state index contributed by atoms with van der Waals surface area (Å²) in [6.07, 6.45) is 5.61. The van der Waals surface area contributed by atoms with E-state index >= 15 is 4.11 Å². The first kappa shape index (κ1) is 30.8. The second-order valence-corrected chi connectivity index (χ2v) is 15.8. The molecule has 5 atom stereocenters. The number of halogens is 1. The number of methoxy groups -OCH3 is 1. The lowest BCUT2D eigenvalue weighted by Gasteiger charge is -2.28. The molecule has 0 amide bonds. The van der Waals surface area contributed by atoms with E-state index in [2.05, 4.69) is 17.2 Å². The number of aliphatic hydroxyl groups excluding tert-OH is 1. The van der Waals surface area contributed by atoms with Crippen molar-refractivity contribution in [3.8, 4) is 11.4 Å². The molecule has 1 unspecified atom stereocenters. The normalized spacial score (nSPS) is 21.2. The van der Waals surface area contributed by atoms with Crippen LogP contribution >= 0.6 is 0 Å². The molecule has 1 N–H and O–H groups in total. The third-order valence-electron chi connectivity index (χ3n) is 8.70. The minimum Gasteiger partial charge on any atom is -0.491 e. The number of aliphatic hydroxyl groups is 1. The van der Waals surface area contributed by atoms with Crippen LogP contribution in [0.25, 0.3) is 5.69 Å². The van der Waals surface area contributed by atoms with Gasteiger partial charge in [-0.15, -0.1) is 5.10 Å². The first-order chi connectivity index (χ1) is 20.7. The number of benzene rings is 2. The summed E-state index contributed by atoms with van der Waals surface area (Å²) in [7, 11) is -1.52. The second-order valence-electron chi connectivity index (χ2n) is 12.0. The third kappa shape index (κ3) is 6.97. The molecule has 0 bridgehead atoms. The predicted molar refractivity (Wildman–Crippen MR) is 167 cm³/mol. The first-order valence-corrected chi connectivity index (χ1v) is 17.9. The maximum absolute atomic E-state index is 15.7. The molecular weight excluding hydrogens is 563 g/mol. The van der Waals surface area contributed by atoms with Crippen molar-refractivity contribution in [1.29, 1.82) is 0 Å². The highest BCUT2D eigenvalue weighted by molar-refractivity contribution is 6.72. The number of aromatic nitrogens is 4. The number of rotatable bonds is 12. The number of aryl methyl sites for hydroxylation is 2. The number of nitrogens with zero attached hydrogens (tertiary/aromatic N) is 4. The lowest BCUT2D eigenvalue weighted by molar-refractivity contribution is 0.0247. The summed E-state index contributed by atoms with van der Waals surface area (Å²) in [6, 6.07) is 21.1. The molecule has 2 aromatic carbocycles. The molecule has 5 rings (SSSR count). The van der Waals surface area contributed by atoms with Crippen molar-refractivity contribution in [2.45, 2.75) is 69.5 Å². The smallest absolute Gasteiger partial charge is 0.297 e. The minimum absolute atomic E-state index is 0.0404. The molecule has 10 heteroatoms. The van der Waals surface area contributed by atoms with Crippen molar-refractivity contribution >= 4 is 8.41 Å². The molecule has 3 heterocycles. The lowest BCUT2D eigenvalue weighted by atomic mass is 9.95. The maximum atomic E-state index is 15.7. The molecule has 0 radical (unpaired) electrons. The minimum atomic E-state index is -3.01. The van der Waals surface area contributed by atoms with Crippen molar-refractivity contribution in [3.05, 3.63) is 106 Å². The number of hydrogen-bond acceptors (Lipinski definition) is 6. The van der Waals surface area contributed by atoms with Gasteiger partial charge in [-0.25, -0.2) is 0 Å². The Morgan fingerprint density at radius 1 is 1.05 bits per heavy atom. The van der Waals surface area contributed by atoms with E-state index in [1.807, 2.05) is 60.8 Å². The first-order valence-electron chi connectivity index (χ1n) is 14.9. The summed E-state index contributed by atoms with van der Waals surface area (Å²) < 4.78 is 30.7. The zero-order chi connectivity index (χ0) is 30.6. The van der Waals surface area contributed by atoms with Crippen molar-refractivity contribution in [1.82, 2.24) is 19.6 Å². The van der Waals surface area contributed by atoms with Crippen LogP contribution < -0.4 is 10.3 Å². The second kappa shape index (κ2) is 13.4. The van der Waals surface area contributed by atoms with Gasteiger partial charge >= 0.3 is 0 Å². The van der Waals surface area contributed by atoms with Crippen molar-refractivity contribution in [2.24, 2.45) is 5.92 Å². The molecule has 4 aromatic rings. The maximum Gasteiger partial charge on any atom is 0.297 e. The fourth-order valence-electron chi connectivity index (χ4n) is 6.51. The Hall–Kier alpha value is -3.60. The Labute approximate surface area is 253 Å². The zero-order valence-electron chi connectivity index (χ0n) is 25.3. The number of hydrogen-bond donors (Lipinski definition) is 1. The molecule has 8 nitrogen and oxygen atoms in total. The van der Waals surface area contributed by atoms with Gasteiger partial charge in [0.1, 0.15) is 0 Å². The van der Waals surface area contributed by atoms with E-state index in [-0.39, 0.29) is 41.8 Å². The molecule has 43 heavy (non-hydrogen) atoms. The van der Waals surface area contributed by atoms with E-state index in [0.29, 0.717) is 24.4 Å². The van der Waals surface area contributed by atoms with Gasteiger partial charge in [-0.1, -0.05) is 54.6 Å².